The van der Waals surface area contributed by atoms with Crippen LogP contribution < -0.4 is 9.64 Å². The standard InChI is InChI=1S/C16H22ClNO2/c1-10-9-16(3,4)18(15(19)11(2)17)14-8-12(20-5)6-7-13(10)14/h6-8,10-11H,9H2,1-5H3/t10-,11+/m0/s1. The molecule has 1 heterocycles. The smallest absolute Gasteiger partial charge is 0.245 e. The molecule has 1 aliphatic heterocycles. The average Bonchev–Trinajstić information content (AvgIpc) is 2.36. The zero-order valence-corrected chi connectivity index (χ0v) is 13.5. The monoisotopic (exact) mass is 295 g/mol. The maximum Gasteiger partial charge on any atom is 0.245 e. The molecule has 0 N–H and O–H groups in total. The third kappa shape index (κ3) is 2.51. The van der Waals surface area contributed by atoms with Crippen molar-refractivity contribution in [1.82, 2.24) is 0 Å². The largest absolute Gasteiger partial charge is 0.497 e. The summed E-state index contributed by atoms with van der Waals surface area (Å²) in [6.45, 7) is 8.09. The number of carbonyl (C=O) groups is 1. The van der Waals surface area contributed by atoms with Gasteiger partial charge in [-0.05, 0) is 44.7 Å². The highest BCUT2D eigenvalue weighted by Gasteiger charge is 2.41. The Hall–Kier alpha value is -1.22. The molecule has 1 aromatic carbocycles. The molecule has 2 atom stereocenters. The van der Waals surface area contributed by atoms with Crippen molar-refractivity contribution in [2.45, 2.75) is 50.9 Å². The Balaban J connectivity index is 2.60. The van der Waals surface area contributed by atoms with Crippen molar-refractivity contribution >= 4 is 23.2 Å². The summed E-state index contributed by atoms with van der Waals surface area (Å²) in [6.07, 6.45) is 0.918. The van der Waals surface area contributed by atoms with Crippen LogP contribution in [0.4, 0.5) is 5.69 Å². The number of rotatable bonds is 2. The van der Waals surface area contributed by atoms with Gasteiger partial charge >= 0.3 is 0 Å². The van der Waals surface area contributed by atoms with Crippen molar-refractivity contribution in [3.05, 3.63) is 23.8 Å². The highest BCUT2D eigenvalue weighted by molar-refractivity contribution is 6.32. The van der Waals surface area contributed by atoms with Crippen LogP contribution in [-0.2, 0) is 4.79 Å². The molecule has 0 saturated carbocycles. The number of benzene rings is 1. The molecule has 0 radical (unpaired) electrons. The summed E-state index contributed by atoms with van der Waals surface area (Å²) in [5.74, 6) is 1.10. The molecule has 4 heteroatoms. The molecule has 0 bridgehead atoms. The Kier molecular flexibility index (Phi) is 4.01. The minimum atomic E-state index is -0.540. The van der Waals surface area contributed by atoms with Crippen LogP contribution in [0.15, 0.2) is 18.2 Å². The fourth-order valence-electron chi connectivity index (χ4n) is 3.13. The molecule has 20 heavy (non-hydrogen) atoms. The number of fused-ring (bicyclic) bond motifs is 1. The molecule has 3 nitrogen and oxygen atoms in total. The number of amides is 1. The predicted octanol–water partition coefficient (Wildman–Crippen LogP) is 3.94. The zero-order chi connectivity index (χ0) is 15.1. The number of alkyl halides is 1. The van der Waals surface area contributed by atoms with Gasteiger partial charge in [0.25, 0.3) is 0 Å². The highest BCUT2D eigenvalue weighted by atomic mass is 35.5. The first-order valence-electron chi connectivity index (χ1n) is 6.94. The van der Waals surface area contributed by atoms with Crippen LogP contribution in [0.2, 0.25) is 0 Å². The minimum Gasteiger partial charge on any atom is -0.497 e. The van der Waals surface area contributed by atoms with Gasteiger partial charge in [0.1, 0.15) is 11.1 Å². The van der Waals surface area contributed by atoms with E-state index in [0.717, 1.165) is 17.9 Å². The number of nitrogens with zero attached hydrogens (tertiary/aromatic N) is 1. The SMILES string of the molecule is COc1ccc2c(c1)N(C(=O)[C@@H](C)Cl)C(C)(C)C[C@@H]2C. The maximum atomic E-state index is 12.5. The van der Waals surface area contributed by atoms with Gasteiger partial charge in [-0.3, -0.25) is 4.79 Å². The van der Waals surface area contributed by atoms with Crippen LogP contribution in [0.5, 0.6) is 5.75 Å². The van der Waals surface area contributed by atoms with E-state index in [0.29, 0.717) is 5.92 Å². The molecule has 0 saturated heterocycles. The van der Waals surface area contributed by atoms with E-state index in [1.807, 2.05) is 23.1 Å². The number of anilines is 1. The van der Waals surface area contributed by atoms with Crippen molar-refractivity contribution in [2.75, 3.05) is 12.0 Å². The summed E-state index contributed by atoms with van der Waals surface area (Å²) in [5, 5.41) is -0.540. The molecule has 1 aromatic rings. The molecule has 0 fully saturated rings. The Morgan fingerprint density at radius 1 is 1.50 bits per heavy atom. The first-order chi connectivity index (χ1) is 9.27. The predicted molar refractivity (Wildman–Crippen MR) is 82.9 cm³/mol. The van der Waals surface area contributed by atoms with E-state index in [1.54, 1.807) is 14.0 Å². The van der Waals surface area contributed by atoms with E-state index in [2.05, 4.69) is 20.8 Å². The highest BCUT2D eigenvalue weighted by Crippen LogP contribution is 2.45. The van der Waals surface area contributed by atoms with Crippen LogP contribution in [0.1, 0.15) is 45.6 Å². The van der Waals surface area contributed by atoms with Gasteiger partial charge < -0.3 is 9.64 Å². The number of halogens is 1. The second kappa shape index (κ2) is 5.28. The van der Waals surface area contributed by atoms with Crippen LogP contribution in [0, 0.1) is 0 Å². The second-order valence-corrected chi connectivity index (χ2v) is 6.79. The Bertz CT molecular complexity index is 525. The number of hydrogen-bond donors (Lipinski definition) is 0. The van der Waals surface area contributed by atoms with Crippen molar-refractivity contribution in [3.8, 4) is 5.75 Å². The van der Waals surface area contributed by atoms with E-state index < -0.39 is 5.38 Å². The van der Waals surface area contributed by atoms with E-state index in [9.17, 15) is 4.79 Å². The molecule has 110 valence electrons. The lowest BCUT2D eigenvalue weighted by Crippen LogP contribution is -2.53. The first-order valence-corrected chi connectivity index (χ1v) is 7.37. The van der Waals surface area contributed by atoms with E-state index >= 15 is 0 Å². The third-order valence-electron chi connectivity index (χ3n) is 3.98. The van der Waals surface area contributed by atoms with Crippen LogP contribution in [-0.4, -0.2) is 23.9 Å². The molecular formula is C16H22ClNO2. The molecule has 0 spiro atoms. The quantitative estimate of drug-likeness (QED) is 0.773. The number of carbonyl (C=O) groups excluding carboxylic acids is 1. The van der Waals surface area contributed by atoms with Gasteiger partial charge in [0, 0.05) is 11.6 Å². The fourth-order valence-corrected chi connectivity index (χ4v) is 3.23. The summed E-state index contributed by atoms with van der Waals surface area (Å²) in [6, 6.07) is 5.93. The van der Waals surface area contributed by atoms with Crippen molar-refractivity contribution in [1.29, 1.82) is 0 Å². The van der Waals surface area contributed by atoms with Crippen LogP contribution >= 0.6 is 11.6 Å². The first kappa shape index (κ1) is 15.2. The number of methoxy groups -OCH3 is 1. The molecule has 0 unspecified atom stereocenters. The summed E-state index contributed by atoms with van der Waals surface area (Å²) >= 11 is 6.04. The maximum absolute atomic E-state index is 12.5. The minimum absolute atomic E-state index is 0.0573. The molecule has 0 aromatic heterocycles. The Morgan fingerprint density at radius 3 is 2.70 bits per heavy atom. The topological polar surface area (TPSA) is 29.5 Å². The van der Waals surface area contributed by atoms with Gasteiger partial charge in [0.15, 0.2) is 0 Å². The van der Waals surface area contributed by atoms with Crippen molar-refractivity contribution < 1.29 is 9.53 Å². The summed E-state index contributed by atoms with van der Waals surface area (Å²) in [7, 11) is 1.63. The number of ether oxygens (including phenoxy) is 1. The van der Waals surface area contributed by atoms with E-state index in [4.69, 9.17) is 16.3 Å². The molecule has 1 aliphatic rings. The van der Waals surface area contributed by atoms with Gasteiger partial charge in [-0.15, -0.1) is 11.6 Å². The Morgan fingerprint density at radius 2 is 2.15 bits per heavy atom. The zero-order valence-electron chi connectivity index (χ0n) is 12.7. The van der Waals surface area contributed by atoms with Gasteiger partial charge in [-0.25, -0.2) is 0 Å². The number of hydrogen-bond acceptors (Lipinski definition) is 2. The lowest BCUT2D eigenvalue weighted by molar-refractivity contribution is -0.119. The van der Waals surface area contributed by atoms with Crippen LogP contribution in [0.3, 0.4) is 0 Å². The van der Waals surface area contributed by atoms with Gasteiger partial charge in [0.2, 0.25) is 5.91 Å². The lowest BCUT2D eigenvalue weighted by atomic mass is 9.80. The van der Waals surface area contributed by atoms with Crippen LogP contribution in [0.25, 0.3) is 0 Å². The third-order valence-corrected chi connectivity index (χ3v) is 4.17. The van der Waals surface area contributed by atoms with Gasteiger partial charge in [-0.1, -0.05) is 13.0 Å². The second-order valence-electron chi connectivity index (χ2n) is 6.13. The van der Waals surface area contributed by atoms with Gasteiger partial charge in [-0.2, -0.15) is 0 Å². The summed E-state index contributed by atoms with van der Waals surface area (Å²) in [4.78, 5) is 14.4. The van der Waals surface area contributed by atoms with E-state index in [1.165, 1.54) is 5.56 Å². The summed E-state index contributed by atoms with van der Waals surface area (Å²) in [5.41, 5.74) is 1.85. The molecule has 0 aliphatic carbocycles. The van der Waals surface area contributed by atoms with Gasteiger partial charge in [0.05, 0.1) is 12.8 Å². The fraction of sp³-hybridized carbons (Fsp3) is 0.562. The molecular weight excluding hydrogens is 274 g/mol. The Labute approximate surface area is 125 Å². The molecule has 1 amide bonds. The molecule has 2 rings (SSSR count). The normalized spacial score (nSPS) is 22.1. The average molecular weight is 296 g/mol. The van der Waals surface area contributed by atoms with Crippen molar-refractivity contribution in [2.24, 2.45) is 0 Å². The van der Waals surface area contributed by atoms with E-state index in [-0.39, 0.29) is 11.4 Å². The summed E-state index contributed by atoms with van der Waals surface area (Å²) < 4.78 is 5.30. The lowest BCUT2D eigenvalue weighted by Gasteiger charge is -2.46. The van der Waals surface area contributed by atoms with Crippen molar-refractivity contribution in [3.63, 3.8) is 0 Å².